The van der Waals surface area contributed by atoms with Crippen molar-refractivity contribution in [2.45, 2.75) is 0 Å². The van der Waals surface area contributed by atoms with Crippen LogP contribution in [0.25, 0.3) is 0 Å². The molecule has 4 aromatic carbocycles. The molecule has 0 spiro atoms. The smallest absolute Gasteiger partial charge is 0.162 e. The molecule has 0 unspecified atom stereocenters. The lowest BCUT2D eigenvalue weighted by molar-refractivity contribution is 0.354. The van der Waals surface area contributed by atoms with Gasteiger partial charge in [-0.25, -0.2) is 0 Å². The van der Waals surface area contributed by atoms with E-state index >= 15 is 0 Å². The third kappa shape index (κ3) is 7.11. The van der Waals surface area contributed by atoms with Gasteiger partial charge in [-0.15, -0.1) is 0 Å². The molecule has 0 atom stereocenters. The third-order valence-corrected chi connectivity index (χ3v) is 6.24. The van der Waals surface area contributed by atoms with Crippen LogP contribution in [-0.2, 0) is 0 Å². The second kappa shape index (κ2) is 14.1. The van der Waals surface area contributed by atoms with Crippen molar-refractivity contribution >= 4 is 0 Å². The maximum Gasteiger partial charge on any atom is 0.162 e. The molecule has 0 aromatic heterocycles. The Labute approximate surface area is 247 Å². The molecule has 6 nitrogen and oxygen atoms in total. The van der Waals surface area contributed by atoms with Crippen LogP contribution < -0.4 is 28.4 Å². The molecule has 4 aromatic rings. The minimum atomic E-state index is 0.545. The third-order valence-electron chi connectivity index (χ3n) is 6.24. The Morgan fingerprint density at radius 3 is 0.833 bits per heavy atom. The first-order chi connectivity index (χ1) is 20.5. The van der Waals surface area contributed by atoms with Gasteiger partial charge in [0.15, 0.2) is 23.0 Å². The predicted octanol–water partition coefficient (Wildman–Crippen LogP) is 5.94. The molecule has 0 aliphatic carbocycles. The van der Waals surface area contributed by atoms with E-state index in [1.54, 1.807) is 42.7 Å². The fourth-order valence-corrected chi connectivity index (χ4v) is 3.93. The van der Waals surface area contributed by atoms with Crippen LogP contribution in [0.2, 0.25) is 0 Å². The first kappa shape index (κ1) is 29.3. The number of hydrogen-bond donors (Lipinski definition) is 0. The molecule has 0 fully saturated rings. The molecule has 0 N–H and O–H groups in total. The Kier molecular flexibility index (Phi) is 9.87. The summed E-state index contributed by atoms with van der Waals surface area (Å²) in [5.74, 6) is 23.1. The molecule has 0 radical (unpaired) electrons. The van der Waals surface area contributed by atoms with Gasteiger partial charge in [0.1, 0.15) is 11.5 Å². The van der Waals surface area contributed by atoms with E-state index in [2.05, 4.69) is 35.5 Å². The van der Waals surface area contributed by atoms with E-state index in [-0.39, 0.29) is 0 Å². The lowest BCUT2D eigenvalue weighted by atomic mass is 10.0. The van der Waals surface area contributed by atoms with Gasteiger partial charge in [0.25, 0.3) is 0 Å². The molecular formula is C36H30O6. The van der Waals surface area contributed by atoms with E-state index < -0.39 is 0 Å². The Morgan fingerprint density at radius 1 is 0.333 bits per heavy atom. The van der Waals surface area contributed by atoms with E-state index in [0.29, 0.717) is 45.3 Å². The van der Waals surface area contributed by atoms with Gasteiger partial charge in [-0.1, -0.05) is 35.5 Å². The van der Waals surface area contributed by atoms with Crippen molar-refractivity contribution in [1.29, 1.82) is 0 Å². The molecule has 0 bridgehead atoms. The van der Waals surface area contributed by atoms with Crippen molar-refractivity contribution in [3.63, 3.8) is 0 Å². The molecule has 0 saturated heterocycles. The maximum atomic E-state index is 5.54. The fraction of sp³-hybridized carbons (Fsp3) is 0.167. The highest BCUT2D eigenvalue weighted by molar-refractivity contribution is 5.64. The Hall–Kier alpha value is -5.64. The SMILES string of the molecule is COc1ccc(C#Cc2cc(OC)c(OC)cc2C#Cc2cc(OC)c(OC)cc2C#Cc2ccc(OC)cc2)cc1. The molecule has 0 aliphatic heterocycles. The van der Waals surface area contributed by atoms with Crippen molar-refractivity contribution in [2.75, 3.05) is 42.7 Å². The zero-order valence-electron chi connectivity index (χ0n) is 24.4. The maximum absolute atomic E-state index is 5.54. The summed E-state index contributed by atoms with van der Waals surface area (Å²) < 4.78 is 32.6. The van der Waals surface area contributed by atoms with Gasteiger partial charge in [-0.2, -0.15) is 0 Å². The second-order valence-electron chi connectivity index (χ2n) is 8.71. The lowest BCUT2D eigenvalue weighted by Crippen LogP contribution is -1.96. The largest absolute Gasteiger partial charge is 0.497 e. The summed E-state index contributed by atoms with van der Waals surface area (Å²) in [7, 11) is 9.59. The minimum absolute atomic E-state index is 0.545. The van der Waals surface area contributed by atoms with Gasteiger partial charge in [0, 0.05) is 57.6 Å². The van der Waals surface area contributed by atoms with Crippen molar-refractivity contribution < 1.29 is 28.4 Å². The number of benzene rings is 4. The van der Waals surface area contributed by atoms with E-state index in [4.69, 9.17) is 28.4 Å². The first-order valence-electron chi connectivity index (χ1n) is 12.9. The standard InChI is InChI=1S/C36H30O6/c1-37-31-17-9-25(10-18-31)7-13-27-21-33(39-3)35(41-5)23-29(27)15-16-30-24-36(42-6)34(40-4)22-28(30)14-8-26-11-19-32(38-2)20-12-26/h9-12,17-24H,1-6H3. The number of hydrogen-bond acceptors (Lipinski definition) is 6. The monoisotopic (exact) mass is 558 g/mol. The fourth-order valence-electron chi connectivity index (χ4n) is 3.93. The van der Waals surface area contributed by atoms with Gasteiger partial charge in [0.2, 0.25) is 0 Å². The molecule has 0 aliphatic rings. The highest BCUT2D eigenvalue weighted by atomic mass is 16.5. The molecule has 0 amide bonds. The molecular weight excluding hydrogens is 528 g/mol. The Balaban J connectivity index is 1.82. The van der Waals surface area contributed by atoms with Crippen LogP contribution in [0.15, 0.2) is 72.8 Å². The van der Waals surface area contributed by atoms with Crippen LogP contribution >= 0.6 is 0 Å². The quantitative estimate of drug-likeness (QED) is 0.273. The number of rotatable bonds is 6. The molecule has 6 heteroatoms. The van der Waals surface area contributed by atoms with Crippen LogP contribution in [0, 0.1) is 35.5 Å². The van der Waals surface area contributed by atoms with Crippen LogP contribution in [0.4, 0.5) is 0 Å². The second-order valence-corrected chi connectivity index (χ2v) is 8.71. The van der Waals surface area contributed by atoms with Gasteiger partial charge in [-0.05, 0) is 48.5 Å². The summed E-state index contributed by atoms with van der Waals surface area (Å²) in [6.07, 6.45) is 0. The molecule has 210 valence electrons. The van der Waals surface area contributed by atoms with Crippen molar-refractivity contribution in [3.05, 3.63) is 106 Å². The van der Waals surface area contributed by atoms with Crippen LogP contribution in [0.1, 0.15) is 33.4 Å². The average Bonchev–Trinajstić information content (AvgIpc) is 3.05. The Bertz CT molecular complexity index is 1610. The summed E-state index contributed by atoms with van der Waals surface area (Å²) in [6.45, 7) is 0. The summed E-state index contributed by atoms with van der Waals surface area (Å²) in [6, 6.07) is 22.3. The molecule has 0 heterocycles. The van der Waals surface area contributed by atoms with Gasteiger partial charge < -0.3 is 28.4 Å². The summed E-state index contributed by atoms with van der Waals surface area (Å²) in [5.41, 5.74) is 4.36. The van der Waals surface area contributed by atoms with Gasteiger partial charge in [-0.3, -0.25) is 0 Å². The summed E-state index contributed by atoms with van der Waals surface area (Å²) in [4.78, 5) is 0. The van der Waals surface area contributed by atoms with Crippen molar-refractivity contribution in [2.24, 2.45) is 0 Å². The van der Waals surface area contributed by atoms with Crippen LogP contribution in [0.5, 0.6) is 34.5 Å². The zero-order chi connectivity index (χ0) is 29.9. The lowest BCUT2D eigenvalue weighted by Gasteiger charge is -2.10. The van der Waals surface area contributed by atoms with E-state index in [9.17, 15) is 0 Å². The van der Waals surface area contributed by atoms with E-state index in [1.165, 1.54) is 0 Å². The van der Waals surface area contributed by atoms with Gasteiger partial charge >= 0.3 is 0 Å². The predicted molar refractivity (Wildman–Crippen MR) is 163 cm³/mol. The zero-order valence-corrected chi connectivity index (χ0v) is 24.4. The topological polar surface area (TPSA) is 55.4 Å². The number of ether oxygens (including phenoxy) is 6. The first-order valence-corrected chi connectivity index (χ1v) is 12.9. The summed E-state index contributed by atoms with van der Waals surface area (Å²) in [5, 5.41) is 0. The van der Waals surface area contributed by atoms with Crippen molar-refractivity contribution in [1.82, 2.24) is 0 Å². The summed E-state index contributed by atoms with van der Waals surface area (Å²) >= 11 is 0. The Morgan fingerprint density at radius 2 is 0.595 bits per heavy atom. The highest BCUT2D eigenvalue weighted by Crippen LogP contribution is 2.32. The average molecular weight is 559 g/mol. The molecule has 4 rings (SSSR count). The van der Waals surface area contributed by atoms with E-state index in [0.717, 1.165) is 22.6 Å². The van der Waals surface area contributed by atoms with E-state index in [1.807, 2.05) is 72.8 Å². The molecule has 42 heavy (non-hydrogen) atoms. The van der Waals surface area contributed by atoms with Crippen LogP contribution in [-0.4, -0.2) is 42.7 Å². The van der Waals surface area contributed by atoms with Crippen molar-refractivity contribution in [3.8, 4) is 70.0 Å². The molecule has 0 saturated carbocycles. The minimum Gasteiger partial charge on any atom is -0.497 e. The van der Waals surface area contributed by atoms with Crippen LogP contribution in [0.3, 0.4) is 0 Å². The number of methoxy groups -OCH3 is 6. The normalized spacial score (nSPS) is 9.57. The highest BCUT2D eigenvalue weighted by Gasteiger charge is 2.11. The van der Waals surface area contributed by atoms with Gasteiger partial charge in [0.05, 0.1) is 42.7 Å².